The molecule has 1 aromatic heterocycles. The number of nitrogens with zero attached hydrogens (tertiary/aromatic N) is 1. The van der Waals surface area contributed by atoms with Crippen LogP contribution >= 0.6 is 11.3 Å². The Hall–Kier alpha value is -1.34. The van der Waals surface area contributed by atoms with Crippen molar-refractivity contribution in [1.29, 1.82) is 5.26 Å². The number of thiophene rings is 1. The quantitative estimate of drug-likeness (QED) is 0.814. The van der Waals surface area contributed by atoms with Gasteiger partial charge < -0.3 is 5.32 Å². The minimum Gasteiger partial charge on any atom is -0.324 e. The number of hydrogen-bond acceptors (Lipinski definition) is 3. The maximum absolute atomic E-state index is 12.2. The molecule has 0 bridgehead atoms. The first-order valence-corrected chi connectivity index (χ1v) is 6.96. The number of anilines is 1. The highest BCUT2D eigenvalue weighted by Crippen LogP contribution is 2.35. The molecule has 1 N–H and O–H groups in total. The van der Waals surface area contributed by atoms with E-state index in [9.17, 15) is 10.1 Å². The highest BCUT2D eigenvalue weighted by Gasteiger charge is 2.38. The van der Waals surface area contributed by atoms with Gasteiger partial charge in [-0.2, -0.15) is 16.6 Å². The average Bonchev–Trinajstić information content (AvgIpc) is 2.72. The van der Waals surface area contributed by atoms with Crippen molar-refractivity contribution in [3.8, 4) is 6.07 Å². The van der Waals surface area contributed by atoms with E-state index in [1.165, 1.54) is 0 Å². The summed E-state index contributed by atoms with van der Waals surface area (Å²) in [5, 5.41) is 16.0. The average molecular weight is 248 g/mol. The van der Waals surface area contributed by atoms with Crippen LogP contribution in [0.25, 0.3) is 0 Å². The number of carbonyl (C=O) groups excluding carboxylic acids is 1. The highest BCUT2D eigenvalue weighted by atomic mass is 32.1. The van der Waals surface area contributed by atoms with E-state index < -0.39 is 5.41 Å². The lowest BCUT2D eigenvalue weighted by molar-refractivity contribution is -0.123. The highest BCUT2D eigenvalue weighted by molar-refractivity contribution is 7.08. The second-order valence-corrected chi connectivity index (χ2v) is 5.35. The Balaban J connectivity index is 2.11. The zero-order valence-electron chi connectivity index (χ0n) is 9.74. The number of nitriles is 1. The maximum atomic E-state index is 12.2. The summed E-state index contributed by atoms with van der Waals surface area (Å²) >= 11 is 1.54. The summed E-state index contributed by atoms with van der Waals surface area (Å²) in [7, 11) is 0. The molecule has 90 valence electrons. The summed E-state index contributed by atoms with van der Waals surface area (Å²) in [6, 6.07) is 4.13. The Morgan fingerprint density at radius 3 is 2.59 bits per heavy atom. The van der Waals surface area contributed by atoms with E-state index in [1.807, 2.05) is 16.8 Å². The third kappa shape index (κ3) is 2.67. The van der Waals surface area contributed by atoms with Crippen molar-refractivity contribution in [2.24, 2.45) is 5.41 Å². The Bertz CT molecular complexity index is 411. The van der Waals surface area contributed by atoms with Crippen molar-refractivity contribution in [1.82, 2.24) is 0 Å². The van der Waals surface area contributed by atoms with Crippen LogP contribution in [0.4, 0.5) is 5.69 Å². The van der Waals surface area contributed by atoms with Gasteiger partial charge in [0.05, 0.1) is 11.8 Å². The minimum atomic E-state index is -0.807. The van der Waals surface area contributed by atoms with Crippen molar-refractivity contribution >= 4 is 22.9 Å². The number of rotatable bonds is 2. The second-order valence-electron chi connectivity index (χ2n) is 4.57. The van der Waals surface area contributed by atoms with E-state index in [2.05, 4.69) is 11.4 Å². The number of carbonyl (C=O) groups is 1. The first kappa shape index (κ1) is 12.1. The predicted octanol–water partition coefficient (Wildman–Crippen LogP) is 3.55. The summed E-state index contributed by atoms with van der Waals surface area (Å²) in [5.41, 5.74) is -0.00260. The van der Waals surface area contributed by atoms with E-state index in [0.717, 1.165) is 31.4 Å². The van der Waals surface area contributed by atoms with Gasteiger partial charge >= 0.3 is 0 Å². The summed E-state index contributed by atoms with van der Waals surface area (Å²) < 4.78 is 0. The van der Waals surface area contributed by atoms with Gasteiger partial charge in [-0.25, -0.2) is 0 Å². The fourth-order valence-corrected chi connectivity index (χ4v) is 2.90. The number of nitrogens with one attached hydrogen (secondary N) is 1. The largest absolute Gasteiger partial charge is 0.324 e. The Morgan fingerprint density at radius 2 is 2.06 bits per heavy atom. The molecule has 2 rings (SSSR count). The van der Waals surface area contributed by atoms with Gasteiger partial charge in [0.15, 0.2) is 0 Å². The number of amides is 1. The molecule has 1 fully saturated rings. The first-order chi connectivity index (χ1) is 8.27. The van der Waals surface area contributed by atoms with Crippen LogP contribution in [-0.2, 0) is 4.79 Å². The van der Waals surface area contributed by atoms with Crippen LogP contribution in [0, 0.1) is 16.7 Å². The maximum Gasteiger partial charge on any atom is 0.244 e. The van der Waals surface area contributed by atoms with Crippen LogP contribution < -0.4 is 5.32 Å². The minimum absolute atomic E-state index is 0.125. The van der Waals surface area contributed by atoms with Gasteiger partial charge in [-0.3, -0.25) is 4.79 Å². The Kier molecular flexibility index (Phi) is 3.80. The third-order valence-corrected chi connectivity index (χ3v) is 4.07. The van der Waals surface area contributed by atoms with Crippen LogP contribution in [0.3, 0.4) is 0 Å². The normalized spacial score (nSPS) is 19.0. The lowest BCUT2D eigenvalue weighted by Crippen LogP contribution is -2.34. The third-order valence-electron chi connectivity index (χ3n) is 3.38. The van der Waals surface area contributed by atoms with Crippen molar-refractivity contribution in [2.75, 3.05) is 5.32 Å². The summed E-state index contributed by atoms with van der Waals surface area (Å²) in [5.74, 6) is -0.125. The standard InChI is InChI=1S/C13H16N2OS/c14-10-13(6-3-1-2-4-7-13)12(16)15-11-5-8-17-9-11/h5,8-9H,1-4,6-7H2,(H,15,16). The fourth-order valence-electron chi connectivity index (χ4n) is 2.31. The zero-order chi connectivity index (χ0) is 12.1. The molecule has 0 radical (unpaired) electrons. The smallest absolute Gasteiger partial charge is 0.244 e. The molecule has 0 atom stereocenters. The monoisotopic (exact) mass is 248 g/mol. The topological polar surface area (TPSA) is 52.9 Å². The molecular formula is C13H16N2OS. The molecule has 1 aromatic rings. The van der Waals surface area contributed by atoms with E-state index in [4.69, 9.17) is 0 Å². The molecule has 17 heavy (non-hydrogen) atoms. The van der Waals surface area contributed by atoms with Gasteiger partial charge in [0.2, 0.25) is 5.91 Å². The van der Waals surface area contributed by atoms with E-state index in [0.29, 0.717) is 12.8 Å². The van der Waals surface area contributed by atoms with Gasteiger partial charge in [-0.05, 0) is 24.3 Å². The van der Waals surface area contributed by atoms with Crippen molar-refractivity contribution < 1.29 is 4.79 Å². The van der Waals surface area contributed by atoms with Gasteiger partial charge in [-0.15, -0.1) is 0 Å². The summed E-state index contributed by atoms with van der Waals surface area (Å²) in [6.07, 6.45) is 5.61. The first-order valence-electron chi connectivity index (χ1n) is 6.02. The molecule has 1 aliphatic rings. The van der Waals surface area contributed by atoms with Crippen molar-refractivity contribution in [3.05, 3.63) is 16.8 Å². The molecular weight excluding hydrogens is 232 g/mol. The Labute approximate surface area is 105 Å². The molecule has 0 spiro atoms. The van der Waals surface area contributed by atoms with Crippen LogP contribution in [0.2, 0.25) is 0 Å². The van der Waals surface area contributed by atoms with Gasteiger partial charge in [0.25, 0.3) is 0 Å². The van der Waals surface area contributed by atoms with Gasteiger partial charge in [-0.1, -0.05) is 25.7 Å². The lowest BCUT2D eigenvalue weighted by atomic mass is 9.81. The molecule has 3 nitrogen and oxygen atoms in total. The van der Waals surface area contributed by atoms with Crippen LogP contribution in [0.15, 0.2) is 16.8 Å². The molecule has 0 aliphatic heterocycles. The van der Waals surface area contributed by atoms with E-state index >= 15 is 0 Å². The van der Waals surface area contributed by atoms with E-state index in [-0.39, 0.29) is 5.91 Å². The SMILES string of the molecule is N#CC1(C(=O)Nc2ccsc2)CCCCCC1. The molecule has 1 amide bonds. The van der Waals surface area contributed by atoms with Crippen LogP contribution in [0.1, 0.15) is 38.5 Å². The fraction of sp³-hybridized carbons (Fsp3) is 0.538. The zero-order valence-corrected chi connectivity index (χ0v) is 10.6. The van der Waals surface area contributed by atoms with Crippen LogP contribution in [-0.4, -0.2) is 5.91 Å². The van der Waals surface area contributed by atoms with Crippen molar-refractivity contribution in [2.45, 2.75) is 38.5 Å². The lowest BCUT2D eigenvalue weighted by Gasteiger charge is -2.23. The van der Waals surface area contributed by atoms with Gasteiger partial charge in [0.1, 0.15) is 5.41 Å². The molecule has 0 unspecified atom stereocenters. The Morgan fingerprint density at radius 1 is 1.35 bits per heavy atom. The summed E-state index contributed by atoms with van der Waals surface area (Å²) in [4.78, 5) is 12.2. The predicted molar refractivity (Wildman–Crippen MR) is 68.7 cm³/mol. The summed E-state index contributed by atoms with van der Waals surface area (Å²) in [6.45, 7) is 0. The molecule has 0 saturated heterocycles. The molecule has 1 aliphatic carbocycles. The van der Waals surface area contributed by atoms with Gasteiger partial charge in [0, 0.05) is 5.38 Å². The molecule has 4 heteroatoms. The van der Waals surface area contributed by atoms with E-state index in [1.54, 1.807) is 11.3 Å². The molecule has 1 saturated carbocycles. The van der Waals surface area contributed by atoms with Crippen LogP contribution in [0.5, 0.6) is 0 Å². The molecule has 0 aromatic carbocycles. The number of hydrogen-bond donors (Lipinski definition) is 1. The van der Waals surface area contributed by atoms with Crippen molar-refractivity contribution in [3.63, 3.8) is 0 Å². The second kappa shape index (κ2) is 5.33. The molecule has 1 heterocycles.